The van der Waals surface area contributed by atoms with Crippen LogP contribution in [0.25, 0.3) is 0 Å². The van der Waals surface area contributed by atoms with Gasteiger partial charge in [-0.15, -0.1) is 0 Å². The number of benzene rings is 1. The Bertz CT molecular complexity index is 841. The predicted octanol–water partition coefficient (Wildman–Crippen LogP) is 12.3. The molecule has 1 aliphatic rings. The van der Waals surface area contributed by atoms with Gasteiger partial charge in [-0.05, 0) is 94.2 Å². The fourth-order valence-electron chi connectivity index (χ4n) is 6.71. The molecule has 0 saturated heterocycles. The summed E-state index contributed by atoms with van der Waals surface area (Å²) < 4.78 is 13.3. The molecule has 0 bridgehead atoms. The lowest BCUT2D eigenvalue weighted by Crippen LogP contribution is -2.37. The molecule has 1 aliphatic heterocycles. The summed E-state index contributed by atoms with van der Waals surface area (Å²) in [5.41, 5.74) is 5.23. The zero-order chi connectivity index (χ0) is 29.5. The number of ether oxygens (including phenoxy) is 2. The van der Waals surface area contributed by atoms with Crippen LogP contribution in [-0.2, 0) is 6.42 Å². The molecule has 3 atom stereocenters. The maximum absolute atomic E-state index is 6.85. The normalized spacial score (nSPS) is 18.4. The van der Waals surface area contributed by atoms with E-state index in [1.807, 2.05) is 0 Å². The summed E-state index contributed by atoms with van der Waals surface area (Å²) in [6.45, 7) is 21.8. The minimum absolute atomic E-state index is 0.0402. The van der Waals surface area contributed by atoms with Gasteiger partial charge in [-0.3, -0.25) is 0 Å². The molecule has 0 aliphatic carbocycles. The Morgan fingerprint density at radius 1 is 0.700 bits per heavy atom. The van der Waals surface area contributed by atoms with Crippen molar-refractivity contribution in [1.29, 1.82) is 0 Å². The van der Waals surface area contributed by atoms with Crippen LogP contribution in [0.1, 0.15) is 173 Å². The molecule has 2 rings (SSSR count). The zero-order valence-electron chi connectivity index (χ0n) is 28.5. The average Bonchev–Trinajstić information content (AvgIpc) is 2.90. The van der Waals surface area contributed by atoms with Gasteiger partial charge in [0, 0.05) is 5.56 Å². The van der Waals surface area contributed by atoms with E-state index in [0.717, 1.165) is 61.5 Å². The molecule has 0 radical (unpaired) electrons. The molecule has 40 heavy (non-hydrogen) atoms. The van der Waals surface area contributed by atoms with Gasteiger partial charge in [-0.2, -0.15) is 0 Å². The van der Waals surface area contributed by atoms with Gasteiger partial charge >= 0.3 is 0 Å². The fraction of sp³-hybridized carbons (Fsp3) is 0.842. The monoisotopic (exact) mass is 557 g/mol. The molecule has 0 N–H and O–H groups in total. The minimum atomic E-state index is -0.0402. The smallest absolute Gasteiger partial charge is 0.127 e. The largest absolute Gasteiger partial charge is 0.493 e. The highest BCUT2D eigenvalue weighted by Crippen LogP contribution is 2.45. The van der Waals surface area contributed by atoms with Crippen molar-refractivity contribution in [2.24, 2.45) is 17.8 Å². The third-order valence-corrected chi connectivity index (χ3v) is 9.83. The molecular formula is C38H68O2. The molecule has 0 saturated carbocycles. The molecule has 1 aromatic carbocycles. The Labute approximate surface area is 250 Å². The molecule has 1 heterocycles. The van der Waals surface area contributed by atoms with Gasteiger partial charge in [0.05, 0.1) is 6.61 Å². The van der Waals surface area contributed by atoms with Gasteiger partial charge in [-0.1, -0.05) is 118 Å². The molecule has 0 fully saturated rings. The molecule has 1 aromatic rings. The highest BCUT2D eigenvalue weighted by Gasteiger charge is 2.34. The standard InChI is InChI=1S/C38H68O2/c1-10-11-12-13-14-15-16-28-39-36-32(6)33(7)37-35(34(36)8)25-27-38(9,40-37)26-19-24-31(5)23-18-22-30(4)21-17-20-29(2)3/h29-31H,10-28H2,1-9H3. The van der Waals surface area contributed by atoms with Crippen LogP contribution in [0.3, 0.4) is 0 Å². The van der Waals surface area contributed by atoms with Crippen LogP contribution in [-0.4, -0.2) is 12.2 Å². The van der Waals surface area contributed by atoms with Crippen molar-refractivity contribution >= 4 is 0 Å². The average molecular weight is 557 g/mol. The zero-order valence-corrected chi connectivity index (χ0v) is 28.5. The van der Waals surface area contributed by atoms with Crippen molar-refractivity contribution in [2.45, 2.75) is 183 Å². The quantitative estimate of drug-likeness (QED) is 0.140. The van der Waals surface area contributed by atoms with Gasteiger partial charge in [-0.25, -0.2) is 0 Å². The maximum atomic E-state index is 6.85. The van der Waals surface area contributed by atoms with E-state index in [0.29, 0.717) is 0 Å². The van der Waals surface area contributed by atoms with E-state index in [1.165, 1.54) is 112 Å². The first-order valence-corrected chi connectivity index (χ1v) is 17.5. The van der Waals surface area contributed by atoms with Crippen LogP contribution in [0.4, 0.5) is 0 Å². The van der Waals surface area contributed by atoms with Gasteiger partial charge in [0.1, 0.15) is 17.1 Å². The summed E-state index contributed by atoms with van der Waals surface area (Å²) in [4.78, 5) is 0. The Hall–Kier alpha value is -1.18. The highest BCUT2D eigenvalue weighted by atomic mass is 16.5. The third-order valence-electron chi connectivity index (χ3n) is 9.83. The summed E-state index contributed by atoms with van der Waals surface area (Å²) in [5, 5.41) is 0. The summed E-state index contributed by atoms with van der Waals surface area (Å²) >= 11 is 0. The van der Waals surface area contributed by atoms with Crippen LogP contribution >= 0.6 is 0 Å². The summed E-state index contributed by atoms with van der Waals surface area (Å²) in [7, 11) is 0. The van der Waals surface area contributed by atoms with Crippen LogP contribution in [0.15, 0.2) is 0 Å². The second-order valence-electron chi connectivity index (χ2n) is 14.4. The minimum Gasteiger partial charge on any atom is -0.493 e. The van der Waals surface area contributed by atoms with Crippen molar-refractivity contribution in [1.82, 2.24) is 0 Å². The predicted molar refractivity (Wildman–Crippen MR) is 176 cm³/mol. The lowest BCUT2D eigenvalue weighted by molar-refractivity contribution is 0.0511. The second kappa shape index (κ2) is 18.4. The van der Waals surface area contributed by atoms with E-state index in [4.69, 9.17) is 9.47 Å². The van der Waals surface area contributed by atoms with Gasteiger partial charge < -0.3 is 9.47 Å². The molecule has 232 valence electrons. The summed E-state index contributed by atoms with van der Waals surface area (Å²) in [6, 6.07) is 0. The van der Waals surface area contributed by atoms with E-state index in [9.17, 15) is 0 Å². The third kappa shape index (κ3) is 12.0. The number of hydrogen-bond donors (Lipinski definition) is 0. The Balaban J connectivity index is 1.78. The van der Waals surface area contributed by atoms with E-state index >= 15 is 0 Å². The first-order valence-electron chi connectivity index (χ1n) is 17.5. The lowest BCUT2D eigenvalue weighted by atomic mass is 9.83. The lowest BCUT2D eigenvalue weighted by Gasteiger charge is -2.38. The number of fused-ring (bicyclic) bond motifs is 1. The molecule has 2 nitrogen and oxygen atoms in total. The second-order valence-corrected chi connectivity index (χ2v) is 14.4. The number of unbranched alkanes of at least 4 members (excludes halogenated alkanes) is 6. The Kier molecular flexibility index (Phi) is 16.1. The first kappa shape index (κ1) is 35.0. The van der Waals surface area contributed by atoms with E-state index in [-0.39, 0.29) is 5.60 Å². The Morgan fingerprint density at radius 3 is 1.90 bits per heavy atom. The van der Waals surface area contributed by atoms with Gasteiger partial charge in [0.25, 0.3) is 0 Å². The van der Waals surface area contributed by atoms with Crippen molar-refractivity contribution in [3.63, 3.8) is 0 Å². The summed E-state index contributed by atoms with van der Waals surface area (Å²) in [6.07, 6.45) is 23.6. The SMILES string of the molecule is CCCCCCCCCOc1c(C)c(C)c2c(c1C)CCC(C)(CCCC(C)CCCC(C)CCCC(C)C)O2. The first-order chi connectivity index (χ1) is 19.1. The molecular weight excluding hydrogens is 488 g/mol. The Morgan fingerprint density at radius 2 is 1.27 bits per heavy atom. The topological polar surface area (TPSA) is 18.5 Å². The van der Waals surface area contributed by atoms with Crippen LogP contribution in [0.2, 0.25) is 0 Å². The van der Waals surface area contributed by atoms with Crippen LogP contribution < -0.4 is 9.47 Å². The van der Waals surface area contributed by atoms with Crippen molar-refractivity contribution in [2.75, 3.05) is 6.61 Å². The molecule has 3 unspecified atom stereocenters. The molecule has 0 amide bonds. The molecule has 2 heteroatoms. The van der Waals surface area contributed by atoms with Crippen LogP contribution in [0, 0.1) is 38.5 Å². The van der Waals surface area contributed by atoms with Gasteiger partial charge in [0.15, 0.2) is 0 Å². The van der Waals surface area contributed by atoms with Crippen molar-refractivity contribution in [3.05, 3.63) is 22.3 Å². The fourth-order valence-corrected chi connectivity index (χ4v) is 6.71. The van der Waals surface area contributed by atoms with Crippen molar-refractivity contribution in [3.8, 4) is 11.5 Å². The molecule has 0 aromatic heterocycles. The van der Waals surface area contributed by atoms with Crippen LogP contribution in [0.5, 0.6) is 11.5 Å². The van der Waals surface area contributed by atoms with Gasteiger partial charge in [0.2, 0.25) is 0 Å². The number of rotatable bonds is 21. The van der Waals surface area contributed by atoms with E-state index in [2.05, 4.69) is 62.3 Å². The van der Waals surface area contributed by atoms with Crippen molar-refractivity contribution < 1.29 is 9.47 Å². The summed E-state index contributed by atoms with van der Waals surface area (Å²) in [5.74, 6) is 4.85. The maximum Gasteiger partial charge on any atom is 0.127 e. The number of hydrogen-bond acceptors (Lipinski definition) is 2. The molecule has 0 spiro atoms. The van der Waals surface area contributed by atoms with E-state index < -0.39 is 0 Å². The highest BCUT2D eigenvalue weighted by molar-refractivity contribution is 5.59. The van der Waals surface area contributed by atoms with E-state index in [1.54, 1.807) is 0 Å².